The first-order chi connectivity index (χ1) is 16.5. The Morgan fingerprint density at radius 2 is 1.83 bits per heavy atom. The van der Waals surface area contributed by atoms with Crippen LogP contribution in [-0.2, 0) is 11.3 Å². The number of rotatable bonds is 6. The predicted octanol–water partition coefficient (Wildman–Crippen LogP) is 3.76. The van der Waals surface area contributed by atoms with Gasteiger partial charge in [0.25, 0.3) is 11.8 Å². The van der Waals surface area contributed by atoms with Crippen LogP contribution in [-0.4, -0.2) is 42.6 Å². The highest BCUT2D eigenvalue weighted by Crippen LogP contribution is 2.35. The van der Waals surface area contributed by atoms with E-state index in [1.807, 2.05) is 0 Å². The summed E-state index contributed by atoms with van der Waals surface area (Å²) in [6.07, 6.45) is -4.93. The Bertz CT molecular complexity index is 1400. The molecule has 0 atom stereocenters. The predicted molar refractivity (Wildman–Crippen MR) is 123 cm³/mol. The number of nitrogens with zero attached hydrogens (tertiary/aromatic N) is 1. The van der Waals surface area contributed by atoms with E-state index in [1.165, 1.54) is 24.1 Å². The minimum Gasteiger partial charge on any atom is -0.406 e. The number of nitrogens with one attached hydrogen (secondary N) is 1. The minimum atomic E-state index is -4.93. The molecule has 0 radical (unpaired) electrons. The maximum absolute atomic E-state index is 12.9. The summed E-state index contributed by atoms with van der Waals surface area (Å²) in [6.45, 7) is 3.79. The van der Waals surface area contributed by atoms with Crippen molar-refractivity contribution in [3.63, 3.8) is 0 Å². The van der Waals surface area contributed by atoms with Crippen LogP contribution >= 0.6 is 0 Å². The van der Waals surface area contributed by atoms with Crippen molar-refractivity contribution in [2.24, 2.45) is 5.73 Å². The Hall–Kier alpha value is -4.34. The average molecular weight is 483 g/mol. The van der Waals surface area contributed by atoms with Crippen molar-refractivity contribution >= 4 is 28.5 Å². The summed E-state index contributed by atoms with van der Waals surface area (Å²) in [6, 6.07) is 12.3. The molecule has 0 aliphatic carbocycles. The standard InChI is InChI=1S/C25H20F3N3O4/c1-13(22(29)32)11-31-12-21-19(24(31)34)6-5-14-3-4-15(10-20(14)21)16-7-17(23(33)30-2)9-18(8-16)35-25(26,27)28/h3-10H,1,11-12H2,2H3,(H2,29,32)(H,30,33). The van der Waals surface area contributed by atoms with Gasteiger partial charge in [0.2, 0.25) is 5.91 Å². The monoisotopic (exact) mass is 483 g/mol. The maximum atomic E-state index is 12.9. The Kier molecular flexibility index (Phi) is 5.98. The highest BCUT2D eigenvalue weighted by Gasteiger charge is 2.32. The molecule has 0 fully saturated rings. The third-order valence-corrected chi connectivity index (χ3v) is 5.69. The van der Waals surface area contributed by atoms with Gasteiger partial charge in [0.1, 0.15) is 5.75 Å². The summed E-state index contributed by atoms with van der Waals surface area (Å²) < 4.78 is 42.7. The zero-order valence-corrected chi connectivity index (χ0v) is 18.5. The van der Waals surface area contributed by atoms with Gasteiger partial charge in [-0.15, -0.1) is 13.2 Å². The Morgan fingerprint density at radius 1 is 1.11 bits per heavy atom. The van der Waals surface area contributed by atoms with Crippen molar-refractivity contribution < 1.29 is 32.3 Å². The molecule has 0 bridgehead atoms. The van der Waals surface area contributed by atoms with E-state index in [9.17, 15) is 27.6 Å². The first kappa shape index (κ1) is 23.8. The van der Waals surface area contributed by atoms with Gasteiger partial charge in [-0.3, -0.25) is 14.4 Å². The molecule has 10 heteroatoms. The Balaban J connectivity index is 1.79. The number of carbonyl (C=O) groups is 3. The van der Waals surface area contributed by atoms with Crippen LogP contribution in [0, 0.1) is 0 Å². The molecular weight excluding hydrogens is 463 g/mol. The molecule has 3 N–H and O–H groups in total. The van der Waals surface area contributed by atoms with Gasteiger partial charge in [-0.2, -0.15) is 0 Å². The van der Waals surface area contributed by atoms with Crippen molar-refractivity contribution in [3.8, 4) is 16.9 Å². The van der Waals surface area contributed by atoms with E-state index in [-0.39, 0.29) is 30.1 Å². The third-order valence-electron chi connectivity index (χ3n) is 5.69. The molecule has 35 heavy (non-hydrogen) atoms. The fraction of sp³-hybridized carbons (Fsp3) is 0.160. The van der Waals surface area contributed by atoms with Crippen molar-refractivity contribution in [2.75, 3.05) is 13.6 Å². The van der Waals surface area contributed by atoms with Crippen LogP contribution in [0.2, 0.25) is 0 Å². The van der Waals surface area contributed by atoms with Crippen LogP contribution in [0.1, 0.15) is 26.3 Å². The number of alkyl halides is 3. The van der Waals surface area contributed by atoms with E-state index in [0.717, 1.165) is 11.5 Å². The summed E-state index contributed by atoms with van der Waals surface area (Å²) >= 11 is 0. The molecule has 0 saturated heterocycles. The largest absolute Gasteiger partial charge is 0.573 e. The molecule has 1 aliphatic rings. The molecule has 0 spiro atoms. The van der Waals surface area contributed by atoms with Crippen LogP contribution in [0.15, 0.2) is 60.7 Å². The number of hydrogen-bond donors (Lipinski definition) is 2. The van der Waals surface area contributed by atoms with Crippen molar-refractivity contribution in [3.05, 3.63) is 77.4 Å². The van der Waals surface area contributed by atoms with E-state index in [0.29, 0.717) is 27.6 Å². The smallest absolute Gasteiger partial charge is 0.406 e. The fourth-order valence-corrected chi connectivity index (χ4v) is 4.03. The average Bonchev–Trinajstić information content (AvgIpc) is 3.12. The summed E-state index contributed by atoms with van der Waals surface area (Å²) in [4.78, 5) is 37.8. The number of fused-ring (bicyclic) bond motifs is 3. The van der Waals surface area contributed by atoms with Crippen LogP contribution in [0.5, 0.6) is 5.75 Å². The van der Waals surface area contributed by atoms with Gasteiger partial charge in [0.15, 0.2) is 0 Å². The van der Waals surface area contributed by atoms with Crippen LogP contribution in [0.4, 0.5) is 13.2 Å². The summed E-state index contributed by atoms with van der Waals surface area (Å²) in [5, 5.41) is 3.91. The summed E-state index contributed by atoms with van der Waals surface area (Å²) in [5.41, 5.74) is 7.35. The minimum absolute atomic E-state index is 0.00560. The third kappa shape index (κ3) is 4.81. The van der Waals surface area contributed by atoms with Crippen LogP contribution in [0.3, 0.4) is 0 Å². The SMILES string of the molecule is C=C(CN1Cc2c(ccc3ccc(-c4cc(OC(F)(F)F)cc(C(=O)NC)c4)cc23)C1=O)C(N)=O. The van der Waals surface area contributed by atoms with E-state index in [2.05, 4.69) is 16.6 Å². The van der Waals surface area contributed by atoms with Gasteiger partial charge < -0.3 is 20.7 Å². The highest BCUT2D eigenvalue weighted by atomic mass is 19.4. The number of nitrogens with two attached hydrogens (primary N) is 1. The zero-order chi connectivity index (χ0) is 25.5. The van der Waals surface area contributed by atoms with E-state index >= 15 is 0 Å². The number of halogens is 3. The van der Waals surface area contributed by atoms with Gasteiger partial charge in [0.05, 0.1) is 6.54 Å². The molecule has 1 aliphatic heterocycles. The molecular formula is C25H20F3N3O4. The first-order valence-corrected chi connectivity index (χ1v) is 10.4. The Morgan fingerprint density at radius 3 is 2.49 bits per heavy atom. The van der Waals surface area contributed by atoms with E-state index in [1.54, 1.807) is 30.3 Å². The molecule has 0 aromatic heterocycles. The normalized spacial score (nSPS) is 13.0. The van der Waals surface area contributed by atoms with Gasteiger partial charge in [-0.05, 0) is 57.8 Å². The second-order valence-corrected chi connectivity index (χ2v) is 8.03. The van der Waals surface area contributed by atoms with Crippen molar-refractivity contribution in [1.29, 1.82) is 0 Å². The van der Waals surface area contributed by atoms with Gasteiger partial charge in [-0.1, -0.05) is 24.8 Å². The van der Waals surface area contributed by atoms with Crippen LogP contribution < -0.4 is 15.8 Å². The maximum Gasteiger partial charge on any atom is 0.573 e. The van der Waals surface area contributed by atoms with Crippen molar-refractivity contribution in [1.82, 2.24) is 10.2 Å². The number of amides is 3. The van der Waals surface area contributed by atoms with E-state index < -0.39 is 23.9 Å². The zero-order valence-electron chi connectivity index (χ0n) is 18.5. The molecule has 4 rings (SSSR count). The fourth-order valence-electron chi connectivity index (χ4n) is 4.03. The molecule has 3 amide bonds. The second kappa shape index (κ2) is 8.79. The number of primary amides is 1. The molecule has 1 heterocycles. The number of benzene rings is 3. The lowest BCUT2D eigenvalue weighted by Gasteiger charge is -2.15. The molecule has 0 unspecified atom stereocenters. The highest BCUT2D eigenvalue weighted by molar-refractivity contribution is 6.06. The molecule has 180 valence electrons. The number of carbonyl (C=O) groups excluding carboxylic acids is 3. The molecule has 3 aromatic rings. The first-order valence-electron chi connectivity index (χ1n) is 10.4. The lowest BCUT2D eigenvalue weighted by molar-refractivity contribution is -0.274. The Labute approximate surface area is 198 Å². The number of ether oxygens (including phenoxy) is 1. The summed E-state index contributed by atoms with van der Waals surface area (Å²) in [5.74, 6) is -2.08. The molecule has 3 aromatic carbocycles. The topological polar surface area (TPSA) is 102 Å². The lowest BCUT2D eigenvalue weighted by atomic mass is 9.95. The van der Waals surface area contributed by atoms with Crippen LogP contribution in [0.25, 0.3) is 21.9 Å². The van der Waals surface area contributed by atoms with E-state index in [4.69, 9.17) is 5.73 Å². The van der Waals surface area contributed by atoms with Gasteiger partial charge in [-0.25, -0.2) is 0 Å². The quantitative estimate of drug-likeness (QED) is 0.522. The molecule has 0 saturated carbocycles. The summed E-state index contributed by atoms with van der Waals surface area (Å²) in [7, 11) is 1.37. The lowest BCUT2D eigenvalue weighted by Crippen LogP contribution is -2.30. The number of hydrogen-bond acceptors (Lipinski definition) is 4. The molecule has 7 nitrogen and oxygen atoms in total. The van der Waals surface area contributed by atoms with Gasteiger partial charge in [0, 0.05) is 30.3 Å². The van der Waals surface area contributed by atoms with Crippen molar-refractivity contribution in [2.45, 2.75) is 12.9 Å². The second-order valence-electron chi connectivity index (χ2n) is 8.03. The van der Waals surface area contributed by atoms with Gasteiger partial charge >= 0.3 is 6.36 Å².